The summed E-state index contributed by atoms with van der Waals surface area (Å²) in [6.07, 6.45) is 0. The summed E-state index contributed by atoms with van der Waals surface area (Å²) in [4.78, 5) is 31.2. The molecule has 1 heterocycles. The van der Waals surface area contributed by atoms with Gasteiger partial charge in [0.1, 0.15) is 5.75 Å². The highest BCUT2D eigenvalue weighted by Gasteiger charge is 2.10. The molecule has 0 spiro atoms. The molecule has 1 aromatic heterocycles. The average Bonchev–Trinajstić information content (AvgIpc) is 2.68. The van der Waals surface area contributed by atoms with E-state index in [2.05, 4.69) is 15.3 Å². The standard InChI is InChI=1S/C19H15Cl2N3O3S/c1-27-13-5-2-11(3-6-13)16-9-17(25)24-19(23-16)28-10-18(26)22-15-7-4-12(20)8-14(15)21/h2-9H,10H2,1H3,(H,22,26)(H,23,24,25). The van der Waals surface area contributed by atoms with Crippen LogP contribution in [0.4, 0.5) is 5.69 Å². The maximum absolute atomic E-state index is 12.2. The number of methoxy groups -OCH3 is 1. The minimum absolute atomic E-state index is 0.0496. The zero-order chi connectivity index (χ0) is 20.1. The third-order valence-corrected chi connectivity index (χ3v) is 5.07. The summed E-state index contributed by atoms with van der Waals surface area (Å²) in [6.45, 7) is 0. The molecule has 0 radical (unpaired) electrons. The van der Waals surface area contributed by atoms with Crippen LogP contribution in [0.1, 0.15) is 0 Å². The van der Waals surface area contributed by atoms with Gasteiger partial charge in [-0.2, -0.15) is 0 Å². The minimum Gasteiger partial charge on any atom is -0.497 e. The van der Waals surface area contributed by atoms with Crippen LogP contribution in [0.25, 0.3) is 11.3 Å². The Bertz CT molecular complexity index is 1060. The van der Waals surface area contributed by atoms with Crippen molar-refractivity contribution < 1.29 is 9.53 Å². The van der Waals surface area contributed by atoms with Crippen molar-refractivity contribution in [3.8, 4) is 17.0 Å². The molecule has 6 nitrogen and oxygen atoms in total. The van der Waals surface area contributed by atoms with E-state index in [9.17, 15) is 9.59 Å². The molecule has 1 amide bonds. The number of halogens is 2. The first kappa shape index (κ1) is 20.3. The van der Waals surface area contributed by atoms with E-state index < -0.39 is 0 Å². The number of carbonyl (C=O) groups is 1. The van der Waals surface area contributed by atoms with Crippen molar-refractivity contribution in [1.29, 1.82) is 0 Å². The van der Waals surface area contributed by atoms with Gasteiger partial charge in [0.15, 0.2) is 5.16 Å². The van der Waals surface area contributed by atoms with Crippen molar-refractivity contribution in [1.82, 2.24) is 9.97 Å². The van der Waals surface area contributed by atoms with Crippen molar-refractivity contribution in [2.45, 2.75) is 5.16 Å². The van der Waals surface area contributed by atoms with Crippen LogP contribution >= 0.6 is 35.0 Å². The molecule has 0 aliphatic carbocycles. The molecule has 0 fully saturated rings. The number of nitrogens with zero attached hydrogens (tertiary/aromatic N) is 1. The van der Waals surface area contributed by atoms with E-state index in [1.54, 1.807) is 37.4 Å². The van der Waals surface area contributed by atoms with Gasteiger partial charge in [0.05, 0.1) is 29.3 Å². The van der Waals surface area contributed by atoms with E-state index >= 15 is 0 Å². The maximum atomic E-state index is 12.2. The predicted molar refractivity (Wildman–Crippen MR) is 113 cm³/mol. The number of hydrogen-bond acceptors (Lipinski definition) is 5. The first-order valence-corrected chi connectivity index (χ1v) is 9.82. The van der Waals surface area contributed by atoms with Crippen molar-refractivity contribution >= 4 is 46.6 Å². The lowest BCUT2D eigenvalue weighted by Crippen LogP contribution is -2.15. The third-order valence-electron chi connectivity index (χ3n) is 3.65. The predicted octanol–water partition coefficient (Wildman–Crippen LogP) is 4.48. The van der Waals surface area contributed by atoms with Crippen molar-refractivity contribution in [3.05, 3.63) is 68.9 Å². The molecule has 9 heteroatoms. The van der Waals surface area contributed by atoms with E-state index in [-0.39, 0.29) is 17.2 Å². The first-order chi connectivity index (χ1) is 13.4. The molecule has 2 N–H and O–H groups in total. The Kier molecular flexibility index (Phi) is 6.61. The van der Waals surface area contributed by atoms with Gasteiger partial charge in [0.2, 0.25) is 5.91 Å². The number of rotatable bonds is 6. The Morgan fingerprint density at radius 1 is 1.18 bits per heavy atom. The Hall–Kier alpha value is -2.48. The number of amides is 1. The summed E-state index contributed by atoms with van der Waals surface area (Å²) in [6, 6.07) is 13.4. The molecule has 0 unspecified atom stereocenters. The van der Waals surface area contributed by atoms with E-state index in [0.29, 0.717) is 32.3 Å². The second-order valence-corrected chi connectivity index (χ2v) is 7.43. The van der Waals surface area contributed by atoms with Crippen LogP contribution in [0.15, 0.2) is 58.5 Å². The van der Waals surface area contributed by atoms with Gasteiger partial charge in [0.25, 0.3) is 5.56 Å². The molecular formula is C19H15Cl2N3O3S. The van der Waals surface area contributed by atoms with Gasteiger partial charge in [-0.1, -0.05) is 35.0 Å². The summed E-state index contributed by atoms with van der Waals surface area (Å²) in [5.74, 6) is 0.473. The Morgan fingerprint density at radius 3 is 2.61 bits per heavy atom. The summed E-state index contributed by atoms with van der Waals surface area (Å²) in [5, 5.41) is 3.87. The molecule has 0 saturated carbocycles. The minimum atomic E-state index is -0.301. The fourth-order valence-corrected chi connectivity index (χ4v) is 3.46. The Labute approximate surface area is 175 Å². The molecule has 3 rings (SSSR count). The number of hydrogen-bond donors (Lipinski definition) is 2. The van der Waals surface area contributed by atoms with Gasteiger partial charge in [-0.15, -0.1) is 0 Å². The summed E-state index contributed by atoms with van der Waals surface area (Å²) < 4.78 is 5.13. The van der Waals surface area contributed by atoms with Crippen LogP contribution in [-0.4, -0.2) is 28.7 Å². The fourth-order valence-electron chi connectivity index (χ4n) is 2.32. The fraction of sp³-hybridized carbons (Fsp3) is 0.105. The lowest BCUT2D eigenvalue weighted by Gasteiger charge is -2.08. The molecule has 28 heavy (non-hydrogen) atoms. The van der Waals surface area contributed by atoms with Crippen LogP contribution in [0.3, 0.4) is 0 Å². The number of aromatic nitrogens is 2. The lowest BCUT2D eigenvalue weighted by molar-refractivity contribution is -0.113. The molecule has 0 atom stereocenters. The van der Waals surface area contributed by atoms with Gasteiger partial charge < -0.3 is 15.0 Å². The van der Waals surface area contributed by atoms with Crippen LogP contribution in [0.5, 0.6) is 5.75 Å². The average molecular weight is 436 g/mol. The van der Waals surface area contributed by atoms with Gasteiger partial charge in [-0.3, -0.25) is 9.59 Å². The van der Waals surface area contributed by atoms with E-state index in [0.717, 1.165) is 17.3 Å². The molecule has 3 aromatic rings. The van der Waals surface area contributed by atoms with Gasteiger partial charge >= 0.3 is 0 Å². The number of nitrogens with one attached hydrogen (secondary N) is 2. The van der Waals surface area contributed by atoms with Crippen LogP contribution in [-0.2, 0) is 4.79 Å². The molecule has 2 aromatic carbocycles. The van der Waals surface area contributed by atoms with Gasteiger partial charge in [-0.25, -0.2) is 4.98 Å². The summed E-state index contributed by atoms with van der Waals surface area (Å²) >= 11 is 13.0. The molecule has 0 saturated heterocycles. The smallest absolute Gasteiger partial charge is 0.252 e. The van der Waals surface area contributed by atoms with Crippen LogP contribution < -0.4 is 15.6 Å². The van der Waals surface area contributed by atoms with E-state index in [1.165, 1.54) is 6.07 Å². The highest BCUT2D eigenvalue weighted by molar-refractivity contribution is 7.99. The Balaban J connectivity index is 1.69. The molecule has 144 valence electrons. The number of benzene rings is 2. The quantitative estimate of drug-likeness (QED) is 0.440. The zero-order valence-electron chi connectivity index (χ0n) is 14.7. The number of aromatic amines is 1. The number of ether oxygens (including phenoxy) is 1. The molecule has 0 bridgehead atoms. The summed E-state index contributed by atoms with van der Waals surface area (Å²) in [5.41, 5.74) is 1.44. The molecular weight excluding hydrogens is 421 g/mol. The van der Waals surface area contributed by atoms with Crippen LogP contribution in [0.2, 0.25) is 10.0 Å². The zero-order valence-corrected chi connectivity index (χ0v) is 17.0. The van der Waals surface area contributed by atoms with Crippen molar-refractivity contribution in [2.24, 2.45) is 0 Å². The number of H-pyrrole nitrogens is 1. The highest BCUT2D eigenvalue weighted by Crippen LogP contribution is 2.26. The number of thioether (sulfide) groups is 1. The SMILES string of the molecule is COc1ccc(-c2cc(=O)[nH]c(SCC(=O)Nc3ccc(Cl)cc3Cl)n2)cc1. The third kappa shape index (κ3) is 5.28. The lowest BCUT2D eigenvalue weighted by atomic mass is 10.1. The number of carbonyl (C=O) groups excluding carboxylic acids is 1. The monoisotopic (exact) mass is 435 g/mol. The maximum Gasteiger partial charge on any atom is 0.252 e. The van der Waals surface area contributed by atoms with Crippen LogP contribution in [0, 0.1) is 0 Å². The second-order valence-electron chi connectivity index (χ2n) is 5.63. The Morgan fingerprint density at radius 2 is 1.93 bits per heavy atom. The van der Waals surface area contributed by atoms with Crippen molar-refractivity contribution in [3.63, 3.8) is 0 Å². The topological polar surface area (TPSA) is 84.1 Å². The largest absolute Gasteiger partial charge is 0.497 e. The molecule has 0 aliphatic rings. The normalized spacial score (nSPS) is 10.5. The van der Waals surface area contributed by atoms with E-state index in [1.807, 2.05) is 12.1 Å². The van der Waals surface area contributed by atoms with E-state index in [4.69, 9.17) is 27.9 Å². The van der Waals surface area contributed by atoms with Gasteiger partial charge in [0, 0.05) is 16.7 Å². The molecule has 0 aliphatic heterocycles. The summed E-state index contributed by atoms with van der Waals surface area (Å²) in [7, 11) is 1.58. The van der Waals surface area contributed by atoms with Gasteiger partial charge in [-0.05, 0) is 42.5 Å². The second kappa shape index (κ2) is 9.14. The number of anilines is 1. The van der Waals surface area contributed by atoms with Crippen molar-refractivity contribution in [2.75, 3.05) is 18.2 Å². The first-order valence-electron chi connectivity index (χ1n) is 8.08. The highest BCUT2D eigenvalue weighted by atomic mass is 35.5.